The molecule has 0 aliphatic rings. The van der Waals surface area contributed by atoms with Crippen LogP contribution < -0.4 is 0 Å². The largest absolute Gasteiger partial charge is 0.283 e. The Bertz CT molecular complexity index is 1300. The highest BCUT2D eigenvalue weighted by atomic mass is 16.6. The predicted octanol–water partition coefficient (Wildman–Crippen LogP) is 6.64. The molecule has 0 unspecified atom stereocenters. The van der Waals surface area contributed by atoms with Gasteiger partial charge in [0, 0.05) is 0 Å². The summed E-state index contributed by atoms with van der Waals surface area (Å²) in [5, 5.41) is 36.5. The van der Waals surface area contributed by atoms with Crippen molar-refractivity contribution in [1.82, 2.24) is 0 Å². The molecule has 0 saturated carbocycles. The fraction of sp³-hybridized carbons (Fsp3) is 0.167. The standard InChI is InChI=1S/C18H18.C6H3N3O6/c1-11-5-7-15-9-10-16-8-6-12(2)14(4)18(16)17(15)13(11)3;10-7(11)4-1-5(8(12)13)3-6(2-4)9(14)15/h5-10H,1-4H3;1-3H. The van der Waals surface area contributed by atoms with Crippen molar-refractivity contribution in [3.05, 3.63) is 107 Å². The summed E-state index contributed by atoms with van der Waals surface area (Å²) < 4.78 is 0. The van der Waals surface area contributed by atoms with Crippen molar-refractivity contribution in [2.24, 2.45) is 0 Å². The van der Waals surface area contributed by atoms with Crippen molar-refractivity contribution >= 4 is 38.6 Å². The molecule has 0 aromatic heterocycles. The van der Waals surface area contributed by atoms with Gasteiger partial charge >= 0.3 is 0 Å². The maximum atomic E-state index is 10.3. The molecule has 0 aliphatic carbocycles. The first-order valence-corrected chi connectivity index (χ1v) is 9.98. The molecule has 168 valence electrons. The van der Waals surface area contributed by atoms with Crippen molar-refractivity contribution in [1.29, 1.82) is 0 Å². The van der Waals surface area contributed by atoms with Gasteiger partial charge in [0.25, 0.3) is 17.1 Å². The molecule has 4 aromatic carbocycles. The van der Waals surface area contributed by atoms with Crippen molar-refractivity contribution in [2.75, 3.05) is 0 Å². The molecule has 4 aromatic rings. The number of benzene rings is 4. The van der Waals surface area contributed by atoms with Gasteiger partial charge in [-0.15, -0.1) is 0 Å². The number of rotatable bonds is 3. The zero-order valence-corrected chi connectivity index (χ0v) is 18.5. The number of aryl methyl sites for hydroxylation is 4. The Labute approximate surface area is 188 Å². The van der Waals surface area contributed by atoms with E-state index in [-0.39, 0.29) is 0 Å². The molecule has 9 heteroatoms. The average Bonchev–Trinajstić information content (AvgIpc) is 2.78. The molecule has 0 saturated heterocycles. The third kappa shape index (κ3) is 4.62. The molecule has 0 bridgehead atoms. The molecular weight excluding hydrogens is 426 g/mol. The summed E-state index contributed by atoms with van der Waals surface area (Å²) in [5.41, 5.74) is 3.51. The number of hydrogen-bond donors (Lipinski definition) is 0. The fourth-order valence-electron chi connectivity index (χ4n) is 3.69. The van der Waals surface area contributed by atoms with Gasteiger partial charge in [-0.2, -0.15) is 0 Å². The summed E-state index contributed by atoms with van der Waals surface area (Å²) >= 11 is 0. The summed E-state index contributed by atoms with van der Waals surface area (Å²) in [6.07, 6.45) is 0. The van der Waals surface area contributed by atoms with Gasteiger partial charge < -0.3 is 0 Å². The molecule has 0 heterocycles. The van der Waals surface area contributed by atoms with Crippen LogP contribution in [0, 0.1) is 58.0 Å². The average molecular weight is 447 g/mol. The quantitative estimate of drug-likeness (QED) is 0.197. The van der Waals surface area contributed by atoms with E-state index in [1.165, 1.54) is 43.8 Å². The first-order valence-electron chi connectivity index (χ1n) is 9.98. The zero-order valence-electron chi connectivity index (χ0n) is 18.5. The van der Waals surface area contributed by atoms with E-state index in [0.717, 1.165) is 0 Å². The van der Waals surface area contributed by atoms with Gasteiger partial charge in [0.05, 0.1) is 33.0 Å². The van der Waals surface area contributed by atoms with Crippen LogP contribution in [-0.4, -0.2) is 14.8 Å². The maximum absolute atomic E-state index is 10.3. The number of nitro benzene ring substituents is 3. The van der Waals surface area contributed by atoms with Gasteiger partial charge in [0.1, 0.15) is 0 Å². The van der Waals surface area contributed by atoms with Gasteiger partial charge in [-0.1, -0.05) is 36.4 Å². The molecule has 0 fully saturated rings. The molecule has 9 nitrogen and oxygen atoms in total. The monoisotopic (exact) mass is 447 g/mol. The number of hydrogen-bond acceptors (Lipinski definition) is 6. The van der Waals surface area contributed by atoms with E-state index in [1.807, 2.05) is 0 Å². The molecular formula is C24H21N3O6. The highest BCUT2D eigenvalue weighted by Gasteiger charge is 2.21. The van der Waals surface area contributed by atoms with E-state index in [2.05, 4.69) is 64.1 Å². The normalized spacial score (nSPS) is 10.5. The van der Waals surface area contributed by atoms with Crippen molar-refractivity contribution in [3.63, 3.8) is 0 Å². The van der Waals surface area contributed by atoms with Crippen molar-refractivity contribution in [3.8, 4) is 0 Å². The van der Waals surface area contributed by atoms with Crippen LogP contribution in [0.3, 0.4) is 0 Å². The SMILES string of the molecule is Cc1ccc2ccc3ccc(C)c(C)c3c2c1C.O=[N+]([O-])c1cc([N+](=O)[O-])cc([N+](=O)[O-])c1. The van der Waals surface area contributed by atoms with Gasteiger partial charge in [-0.3, -0.25) is 30.3 Å². The van der Waals surface area contributed by atoms with E-state index in [1.54, 1.807) is 0 Å². The van der Waals surface area contributed by atoms with Crippen LogP contribution in [0.25, 0.3) is 21.5 Å². The second-order valence-electron chi connectivity index (χ2n) is 7.76. The van der Waals surface area contributed by atoms with Gasteiger partial charge in [0.2, 0.25) is 0 Å². The fourth-order valence-corrected chi connectivity index (χ4v) is 3.69. The molecule has 0 aliphatic heterocycles. The Morgan fingerprint density at radius 1 is 0.515 bits per heavy atom. The Hall–Kier alpha value is -4.40. The van der Waals surface area contributed by atoms with E-state index >= 15 is 0 Å². The highest BCUT2D eigenvalue weighted by molar-refractivity contribution is 6.11. The topological polar surface area (TPSA) is 129 Å². The molecule has 33 heavy (non-hydrogen) atoms. The first-order chi connectivity index (χ1) is 15.5. The molecule has 0 N–H and O–H groups in total. The van der Waals surface area contributed by atoms with Gasteiger partial charge in [-0.05, 0) is 71.5 Å². The lowest BCUT2D eigenvalue weighted by atomic mass is 9.91. The Kier molecular flexibility index (Phi) is 6.34. The lowest BCUT2D eigenvalue weighted by molar-refractivity contribution is -0.403. The lowest BCUT2D eigenvalue weighted by Gasteiger charge is -2.13. The Morgan fingerprint density at radius 2 is 0.788 bits per heavy atom. The van der Waals surface area contributed by atoms with Crippen LogP contribution in [-0.2, 0) is 0 Å². The number of nitro groups is 3. The minimum Gasteiger partial charge on any atom is -0.258 e. The van der Waals surface area contributed by atoms with E-state index in [9.17, 15) is 30.3 Å². The highest BCUT2D eigenvalue weighted by Crippen LogP contribution is 2.33. The predicted molar refractivity (Wildman–Crippen MR) is 127 cm³/mol. The van der Waals surface area contributed by atoms with Gasteiger partial charge in [0.15, 0.2) is 0 Å². The third-order valence-corrected chi connectivity index (χ3v) is 5.75. The number of fused-ring (bicyclic) bond motifs is 3. The van der Waals surface area contributed by atoms with Crippen LogP contribution in [0.1, 0.15) is 22.3 Å². The maximum Gasteiger partial charge on any atom is 0.283 e. The zero-order chi connectivity index (χ0) is 24.4. The second-order valence-corrected chi connectivity index (χ2v) is 7.76. The number of nitrogens with zero attached hydrogens (tertiary/aromatic N) is 3. The van der Waals surface area contributed by atoms with Crippen LogP contribution in [0.2, 0.25) is 0 Å². The molecule has 0 spiro atoms. The third-order valence-electron chi connectivity index (χ3n) is 5.75. The molecule has 4 rings (SSSR count). The second kappa shape index (κ2) is 8.99. The number of non-ortho nitro benzene ring substituents is 3. The lowest BCUT2D eigenvalue weighted by Crippen LogP contribution is -1.96. The summed E-state index contributed by atoms with van der Waals surface area (Å²) in [4.78, 5) is 28.1. The van der Waals surface area contributed by atoms with Crippen LogP contribution in [0.5, 0.6) is 0 Å². The molecule has 0 amide bonds. The Morgan fingerprint density at radius 3 is 1.06 bits per heavy atom. The smallest absolute Gasteiger partial charge is 0.258 e. The summed E-state index contributed by atoms with van der Waals surface area (Å²) in [6, 6.07) is 15.4. The van der Waals surface area contributed by atoms with Crippen molar-refractivity contribution < 1.29 is 14.8 Å². The molecule has 0 atom stereocenters. The van der Waals surface area contributed by atoms with E-state index in [0.29, 0.717) is 18.2 Å². The summed E-state index contributed by atoms with van der Waals surface area (Å²) in [6.45, 7) is 8.86. The van der Waals surface area contributed by atoms with Crippen LogP contribution in [0.4, 0.5) is 17.1 Å². The first kappa shape index (κ1) is 23.3. The van der Waals surface area contributed by atoms with Crippen LogP contribution in [0.15, 0.2) is 54.6 Å². The molecule has 0 radical (unpaired) electrons. The van der Waals surface area contributed by atoms with E-state index in [4.69, 9.17) is 0 Å². The Balaban J connectivity index is 0.000000190. The van der Waals surface area contributed by atoms with E-state index < -0.39 is 31.8 Å². The summed E-state index contributed by atoms with van der Waals surface area (Å²) in [5.74, 6) is 0. The van der Waals surface area contributed by atoms with Crippen molar-refractivity contribution in [2.45, 2.75) is 27.7 Å². The van der Waals surface area contributed by atoms with Crippen LogP contribution >= 0.6 is 0 Å². The minimum atomic E-state index is -0.931. The minimum absolute atomic E-state index is 0.660. The van der Waals surface area contributed by atoms with Gasteiger partial charge in [-0.25, -0.2) is 0 Å². The summed E-state index contributed by atoms with van der Waals surface area (Å²) in [7, 11) is 0.